The van der Waals surface area contributed by atoms with E-state index in [0.717, 1.165) is 19.6 Å². The van der Waals surface area contributed by atoms with E-state index < -0.39 is 0 Å². The molecule has 1 atom stereocenters. The van der Waals surface area contributed by atoms with Crippen LogP contribution in [0.2, 0.25) is 0 Å². The van der Waals surface area contributed by atoms with Gasteiger partial charge in [0.1, 0.15) is 0 Å². The van der Waals surface area contributed by atoms with Crippen molar-refractivity contribution in [2.75, 3.05) is 13.2 Å². The first-order chi connectivity index (χ1) is 8.92. The van der Waals surface area contributed by atoms with Crippen molar-refractivity contribution in [2.24, 2.45) is 5.73 Å². The minimum absolute atomic E-state index is 0.337. The van der Waals surface area contributed by atoms with Crippen molar-refractivity contribution in [3.05, 3.63) is 35.4 Å². The van der Waals surface area contributed by atoms with Gasteiger partial charge in [0.15, 0.2) is 0 Å². The van der Waals surface area contributed by atoms with E-state index in [4.69, 9.17) is 10.5 Å². The molecule has 1 unspecified atom stereocenters. The molecule has 0 heterocycles. The molecule has 1 aromatic rings. The number of rotatable bonds is 7. The van der Waals surface area contributed by atoms with Gasteiger partial charge in [0, 0.05) is 6.61 Å². The van der Waals surface area contributed by atoms with Gasteiger partial charge in [0.2, 0.25) is 0 Å². The normalized spacial score (nSPS) is 18.6. The summed E-state index contributed by atoms with van der Waals surface area (Å²) in [5, 5.41) is 0. The molecule has 2 rings (SSSR count). The number of fused-ring (bicyclic) bond motifs is 1. The van der Waals surface area contributed by atoms with Gasteiger partial charge < -0.3 is 10.5 Å². The largest absolute Gasteiger partial charge is 0.374 e. The van der Waals surface area contributed by atoms with Crippen molar-refractivity contribution >= 4 is 0 Å². The fourth-order valence-electron chi connectivity index (χ4n) is 2.71. The minimum atomic E-state index is 0.337. The van der Waals surface area contributed by atoms with E-state index >= 15 is 0 Å². The average Bonchev–Trinajstić information content (AvgIpc) is 2.43. The highest BCUT2D eigenvalue weighted by Crippen LogP contribution is 2.32. The van der Waals surface area contributed by atoms with Crippen molar-refractivity contribution in [2.45, 2.75) is 51.0 Å². The highest BCUT2D eigenvalue weighted by molar-refractivity contribution is 5.31. The molecule has 1 aliphatic carbocycles. The first kappa shape index (κ1) is 13.6. The Kier molecular flexibility index (Phi) is 5.69. The van der Waals surface area contributed by atoms with E-state index in [9.17, 15) is 0 Å². The second-order valence-electron chi connectivity index (χ2n) is 5.15. The SMILES string of the molecule is NCCCCCCOC1CCCc2ccccc21. The van der Waals surface area contributed by atoms with Crippen LogP contribution < -0.4 is 5.73 Å². The van der Waals surface area contributed by atoms with E-state index in [1.54, 1.807) is 0 Å². The van der Waals surface area contributed by atoms with Crippen molar-refractivity contribution < 1.29 is 4.74 Å². The Bertz CT molecular complexity index is 351. The molecule has 100 valence electrons. The predicted molar refractivity (Wildman–Crippen MR) is 75.6 cm³/mol. The summed E-state index contributed by atoms with van der Waals surface area (Å²) in [5.41, 5.74) is 8.39. The maximum atomic E-state index is 6.06. The average molecular weight is 247 g/mol. The first-order valence-electron chi connectivity index (χ1n) is 7.31. The quantitative estimate of drug-likeness (QED) is 0.747. The zero-order chi connectivity index (χ0) is 12.6. The smallest absolute Gasteiger partial charge is 0.0827 e. The van der Waals surface area contributed by atoms with Crippen LogP contribution in [-0.2, 0) is 11.2 Å². The molecule has 0 aliphatic heterocycles. The Hall–Kier alpha value is -0.860. The molecule has 2 heteroatoms. The van der Waals surface area contributed by atoms with Crippen LogP contribution in [0, 0.1) is 0 Å². The number of benzene rings is 1. The lowest BCUT2D eigenvalue weighted by Crippen LogP contribution is -2.13. The third kappa shape index (κ3) is 3.82. The van der Waals surface area contributed by atoms with Gasteiger partial charge in [-0.1, -0.05) is 37.1 Å². The zero-order valence-corrected chi connectivity index (χ0v) is 11.2. The zero-order valence-electron chi connectivity index (χ0n) is 11.2. The highest BCUT2D eigenvalue weighted by atomic mass is 16.5. The number of ether oxygens (including phenoxy) is 1. The van der Waals surface area contributed by atoms with Gasteiger partial charge in [-0.25, -0.2) is 0 Å². The second-order valence-corrected chi connectivity index (χ2v) is 5.15. The number of hydrogen-bond donors (Lipinski definition) is 1. The Morgan fingerprint density at radius 2 is 1.94 bits per heavy atom. The molecule has 0 aromatic heterocycles. The summed E-state index contributed by atoms with van der Waals surface area (Å²) in [4.78, 5) is 0. The summed E-state index contributed by atoms with van der Waals surface area (Å²) in [6, 6.07) is 8.73. The van der Waals surface area contributed by atoms with Crippen LogP contribution >= 0.6 is 0 Å². The fraction of sp³-hybridized carbons (Fsp3) is 0.625. The lowest BCUT2D eigenvalue weighted by molar-refractivity contribution is 0.0382. The molecule has 1 aromatic carbocycles. The molecular weight excluding hydrogens is 222 g/mol. The van der Waals surface area contributed by atoms with Gasteiger partial charge in [0.25, 0.3) is 0 Å². The van der Waals surface area contributed by atoms with Crippen molar-refractivity contribution in [1.82, 2.24) is 0 Å². The molecule has 1 aliphatic rings. The Morgan fingerprint density at radius 1 is 1.11 bits per heavy atom. The van der Waals surface area contributed by atoms with Gasteiger partial charge in [-0.3, -0.25) is 0 Å². The van der Waals surface area contributed by atoms with Gasteiger partial charge in [0.05, 0.1) is 6.10 Å². The summed E-state index contributed by atoms with van der Waals surface area (Å²) in [7, 11) is 0. The highest BCUT2D eigenvalue weighted by Gasteiger charge is 2.19. The summed E-state index contributed by atoms with van der Waals surface area (Å²) in [6.45, 7) is 1.71. The predicted octanol–water partition coefficient (Wildman–Crippen LogP) is 3.60. The minimum Gasteiger partial charge on any atom is -0.374 e. The van der Waals surface area contributed by atoms with E-state index in [1.807, 2.05) is 0 Å². The molecule has 0 fully saturated rings. The molecule has 0 bridgehead atoms. The third-order valence-electron chi connectivity index (χ3n) is 3.73. The molecular formula is C16H25NO. The maximum Gasteiger partial charge on any atom is 0.0827 e. The number of hydrogen-bond acceptors (Lipinski definition) is 2. The Balaban J connectivity index is 1.74. The molecule has 0 radical (unpaired) electrons. The summed E-state index contributed by atoms with van der Waals surface area (Å²) in [6.07, 6.45) is 8.78. The number of nitrogens with two attached hydrogens (primary N) is 1. The van der Waals surface area contributed by atoms with Crippen LogP contribution in [0.1, 0.15) is 55.8 Å². The van der Waals surface area contributed by atoms with Gasteiger partial charge >= 0.3 is 0 Å². The van der Waals surface area contributed by atoms with Crippen molar-refractivity contribution in [3.63, 3.8) is 0 Å². The summed E-state index contributed by atoms with van der Waals surface area (Å²) in [5.74, 6) is 0. The Labute approximate surface area is 111 Å². The van der Waals surface area contributed by atoms with Gasteiger partial charge in [-0.2, -0.15) is 0 Å². The van der Waals surface area contributed by atoms with E-state index in [1.165, 1.54) is 49.7 Å². The lowest BCUT2D eigenvalue weighted by atomic mass is 9.89. The Morgan fingerprint density at radius 3 is 2.83 bits per heavy atom. The summed E-state index contributed by atoms with van der Waals surface area (Å²) >= 11 is 0. The van der Waals surface area contributed by atoms with Crippen LogP contribution in [0.15, 0.2) is 24.3 Å². The van der Waals surface area contributed by atoms with Crippen LogP contribution in [0.5, 0.6) is 0 Å². The van der Waals surface area contributed by atoms with E-state index in [-0.39, 0.29) is 0 Å². The third-order valence-corrected chi connectivity index (χ3v) is 3.73. The molecule has 0 saturated heterocycles. The first-order valence-corrected chi connectivity index (χ1v) is 7.31. The number of aryl methyl sites for hydroxylation is 1. The number of unbranched alkanes of at least 4 members (excludes halogenated alkanes) is 3. The van der Waals surface area contributed by atoms with Crippen LogP contribution in [-0.4, -0.2) is 13.2 Å². The van der Waals surface area contributed by atoms with Crippen molar-refractivity contribution in [1.29, 1.82) is 0 Å². The van der Waals surface area contributed by atoms with Crippen LogP contribution in [0.25, 0.3) is 0 Å². The molecule has 18 heavy (non-hydrogen) atoms. The molecule has 0 amide bonds. The van der Waals surface area contributed by atoms with Gasteiger partial charge in [-0.15, -0.1) is 0 Å². The van der Waals surface area contributed by atoms with Crippen LogP contribution in [0.4, 0.5) is 0 Å². The second kappa shape index (κ2) is 7.55. The molecule has 0 spiro atoms. The van der Waals surface area contributed by atoms with E-state index in [2.05, 4.69) is 24.3 Å². The van der Waals surface area contributed by atoms with Crippen molar-refractivity contribution in [3.8, 4) is 0 Å². The molecule has 2 nitrogen and oxygen atoms in total. The van der Waals surface area contributed by atoms with Crippen LogP contribution in [0.3, 0.4) is 0 Å². The fourth-order valence-corrected chi connectivity index (χ4v) is 2.71. The lowest BCUT2D eigenvalue weighted by Gasteiger charge is -2.25. The van der Waals surface area contributed by atoms with Gasteiger partial charge in [-0.05, 0) is 49.8 Å². The maximum absolute atomic E-state index is 6.06. The topological polar surface area (TPSA) is 35.2 Å². The monoisotopic (exact) mass is 247 g/mol. The molecule has 0 saturated carbocycles. The standard InChI is InChI=1S/C16H25NO/c17-12-5-1-2-6-13-18-16-11-7-9-14-8-3-4-10-15(14)16/h3-4,8,10,16H,1-2,5-7,9,11-13,17H2. The van der Waals surface area contributed by atoms with E-state index in [0.29, 0.717) is 6.10 Å². The summed E-state index contributed by atoms with van der Waals surface area (Å²) < 4.78 is 6.06. The molecule has 2 N–H and O–H groups in total.